The van der Waals surface area contributed by atoms with Crippen molar-refractivity contribution in [2.24, 2.45) is 5.92 Å². The van der Waals surface area contributed by atoms with Crippen LogP contribution in [-0.4, -0.2) is 29.0 Å². The van der Waals surface area contributed by atoms with Crippen LogP contribution in [0.1, 0.15) is 24.2 Å². The lowest BCUT2D eigenvalue weighted by atomic mass is 9.95. The molecule has 1 amide bonds. The number of carbonyl (C=O) groups excluding carboxylic acids is 1. The fourth-order valence-corrected chi connectivity index (χ4v) is 3.03. The Morgan fingerprint density at radius 1 is 1.09 bits per heavy atom. The molecule has 0 unspecified atom stereocenters. The largest absolute Gasteiger partial charge is 0.371 e. The van der Waals surface area contributed by atoms with E-state index >= 15 is 0 Å². The first-order valence-electron chi connectivity index (χ1n) is 8.05. The summed E-state index contributed by atoms with van der Waals surface area (Å²) in [7, 11) is 0. The van der Waals surface area contributed by atoms with Gasteiger partial charge < -0.3 is 4.90 Å². The number of piperidine rings is 1. The second kappa shape index (κ2) is 6.77. The number of hydrogen-bond donors (Lipinski definition) is 1. The first-order chi connectivity index (χ1) is 11.1. The summed E-state index contributed by atoms with van der Waals surface area (Å²) >= 11 is 0. The number of hydrogen-bond acceptors (Lipinski definition) is 4. The maximum Gasteiger partial charge on any atom is 0.229 e. The molecule has 1 aromatic carbocycles. The molecule has 5 nitrogen and oxygen atoms in total. The molecule has 0 bridgehead atoms. The van der Waals surface area contributed by atoms with Gasteiger partial charge >= 0.3 is 0 Å². The molecule has 0 spiro atoms. The Morgan fingerprint density at radius 3 is 2.30 bits per heavy atom. The molecule has 1 fully saturated rings. The van der Waals surface area contributed by atoms with Gasteiger partial charge in [0, 0.05) is 36.1 Å². The summed E-state index contributed by atoms with van der Waals surface area (Å²) in [5.41, 5.74) is 2.96. The average Bonchev–Trinajstić information content (AvgIpc) is 2.55. The number of benzene rings is 1. The normalized spacial score (nSPS) is 15.5. The number of nitrogens with zero attached hydrogens (tertiary/aromatic N) is 3. The van der Waals surface area contributed by atoms with Crippen LogP contribution >= 0.6 is 0 Å². The Kier molecular flexibility index (Phi) is 4.55. The highest BCUT2D eigenvalue weighted by Gasteiger charge is 2.25. The molecule has 0 saturated carbocycles. The van der Waals surface area contributed by atoms with Gasteiger partial charge in [-0.25, -0.2) is 9.97 Å². The topological polar surface area (TPSA) is 58.1 Å². The molecule has 5 heteroatoms. The molecule has 1 saturated heterocycles. The van der Waals surface area contributed by atoms with Crippen molar-refractivity contribution in [1.29, 1.82) is 0 Å². The standard InChI is InChI=1S/C18H22N4O/c1-13-12-14(2)20-18(19-13)21-17(23)15-8-10-22(11-9-15)16-6-4-3-5-7-16/h3-7,12,15H,8-11H2,1-2H3,(H,19,20,21,23). The van der Waals surface area contributed by atoms with Crippen LogP contribution in [-0.2, 0) is 4.79 Å². The molecule has 3 rings (SSSR count). The van der Waals surface area contributed by atoms with E-state index in [0.29, 0.717) is 5.95 Å². The Hall–Kier alpha value is -2.43. The summed E-state index contributed by atoms with van der Waals surface area (Å²) < 4.78 is 0. The molecule has 1 N–H and O–H groups in total. The maximum absolute atomic E-state index is 12.4. The molecule has 1 aliphatic rings. The number of aromatic nitrogens is 2. The molecule has 1 aromatic heterocycles. The van der Waals surface area contributed by atoms with Crippen molar-refractivity contribution in [3.05, 3.63) is 47.8 Å². The number of nitrogens with one attached hydrogen (secondary N) is 1. The van der Waals surface area contributed by atoms with E-state index < -0.39 is 0 Å². The van der Waals surface area contributed by atoms with E-state index in [-0.39, 0.29) is 11.8 Å². The zero-order chi connectivity index (χ0) is 16.2. The van der Waals surface area contributed by atoms with Crippen LogP contribution in [0.2, 0.25) is 0 Å². The van der Waals surface area contributed by atoms with E-state index in [1.807, 2.05) is 38.1 Å². The fraction of sp³-hybridized carbons (Fsp3) is 0.389. The maximum atomic E-state index is 12.4. The van der Waals surface area contributed by atoms with Crippen molar-refractivity contribution in [1.82, 2.24) is 9.97 Å². The zero-order valence-electron chi connectivity index (χ0n) is 13.6. The fourth-order valence-electron chi connectivity index (χ4n) is 3.03. The van der Waals surface area contributed by atoms with Crippen LogP contribution in [0, 0.1) is 19.8 Å². The van der Waals surface area contributed by atoms with Crippen LogP contribution < -0.4 is 10.2 Å². The average molecular weight is 310 g/mol. The zero-order valence-corrected chi connectivity index (χ0v) is 13.6. The van der Waals surface area contributed by atoms with E-state index in [2.05, 4.69) is 32.3 Å². The summed E-state index contributed by atoms with van der Waals surface area (Å²) in [6.45, 7) is 5.61. The lowest BCUT2D eigenvalue weighted by Gasteiger charge is -2.32. The molecule has 0 atom stereocenters. The van der Waals surface area contributed by atoms with Crippen molar-refractivity contribution in [2.75, 3.05) is 23.3 Å². The van der Waals surface area contributed by atoms with E-state index in [4.69, 9.17) is 0 Å². The lowest BCUT2D eigenvalue weighted by Crippen LogP contribution is -2.38. The van der Waals surface area contributed by atoms with E-state index in [1.165, 1.54) is 5.69 Å². The lowest BCUT2D eigenvalue weighted by molar-refractivity contribution is -0.120. The van der Waals surface area contributed by atoms with Gasteiger partial charge in [0.1, 0.15) is 0 Å². The minimum absolute atomic E-state index is 0.0272. The monoisotopic (exact) mass is 310 g/mol. The molecular formula is C18H22N4O. The first kappa shape index (κ1) is 15.5. The van der Waals surface area contributed by atoms with Gasteiger partial charge in [-0.2, -0.15) is 0 Å². The second-order valence-corrected chi connectivity index (χ2v) is 6.06. The molecule has 120 valence electrons. The molecule has 0 aliphatic carbocycles. The SMILES string of the molecule is Cc1cc(C)nc(NC(=O)C2CCN(c3ccccc3)CC2)n1. The molecule has 1 aliphatic heterocycles. The Labute approximate surface area is 136 Å². The van der Waals surface area contributed by atoms with Crippen LogP contribution in [0.15, 0.2) is 36.4 Å². The van der Waals surface area contributed by atoms with Gasteiger partial charge in [-0.05, 0) is 44.9 Å². The number of rotatable bonds is 3. The van der Waals surface area contributed by atoms with Gasteiger partial charge in [-0.3, -0.25) is 10.1 Å². The highest BCUT2D eigenvalue weighted by molar-refractivity contribution is 5.91. The van der Waals surface area contributed by atoms with Crippen LogP contribution in [0.4, 0.5) is 11.6 Å². The Morgan fingerprint density at radius 2 is 1.70 bits per heavy atom. The van der Waals surface area contributed by atoms with Gasteiger partial charge in [0.25, 0.3) is 0 Å². The third-order valence-corrected chi connectivity index (χ3v) is 4.20. The summed E-state index contributed by atoms with van der Waals surface area (Å²) in [5, 5.41) is 2.87. The quantitative estimate of drug-likeness (QED) is 0.947. The minimum Gasteiger partial charge on any atom is -0.371 e. The van der Waals surface area contributed by atoms with Gasteiger partial charge in [-0.1, -0.05) is 18.2 Å². The highest BCUT2D eigenvalue weighted by Crippen LogP contribution is 2.23. The third kappa shape index (κ3) is 3.86. The number of aryl methyl sites for hydroxylation is 2. The molecule has 2 heterocycles. The van der Waals surface area contributed by atoms with Gasteiger partial charge in [0.05, 0.1) is 0 Å². The van der Waals surface area contributed by atoms with Crippen LogP contribution in [0.25, 0.3) is 0 Å². The summed E-state index contributed by atoms with van der Waals surface area (Å²) in [4.78, 5) is 23.3. The molecule has 0 radical (unpaired) electrons. The summed E-state index contributed by atoms with van der Waals surface area (Å²) in [6.07, 6.45) is 1.71. The summed E-state index contributed by atoms with van der Waals surface area (Å²) in [5.74, 6) is 0.472. The number of anilines is 2. The minimum atomic E-state index is 0.0272. The van der Waals surface area contributed by atoms with Crippen LogP contribution in [0.5, 0.6) is 0 Å². The molecule has 23 heavy (non-hydrogen) atoms. The van der Waals surface area contributed by atoms with Crippen molar-refractivity contribution >= 4 is 17.5 Å². The number of amides is 1. The first-order valence-corrected chi connectivity index (χ1v) is 8.05. The highest BCUT2D eigenvalue weighted by atomic mass is 16.2. The van der Waals surface area contributed by atoms with Gasteiger partial charge in [0.2, 0.25) is 11.9 Å². The molecular weight excluding hydrogens is 288 g/mol. The second-order valence-electron chi connectivity index (χ2n) is 6.06. The number of para-hydroxylation sites is 1. The van der Waals surface area contributed by atoms with Crippen molar-refractivity contribution in [3.63, 3.8) is 0 Å². The van der Waals surface area contributed by atoms with E-state index in [1.54, 1.807) is 0 Å². The third-order valence-electron chi connectivity index (χ3n) is 4.20. The predicted molar refractivity (Wildman–Crippen MR) is 91.5 cm³/mol. The van der Waals surface area contributed by atoms with Crippen molar-refractivity contribution in [3.8, 4) is 0 Å². The number of carbonyl (C=O) groups is 1. The van der Waals surface area contributed by atoms with Crippen LogP contribution in [0.3, 0.4) is 0 Å². The smallest absolute Gasteiger partial charge is 0.229 e. The molecule has 2 aromatic rings. The van der Waals surface area contributed by atoms with E-state index in [0.717, 1.165) is 37.3 Å². The van der Waals surface area contributed by atoms with Crippen molar-refractivity contribution < 1.29 is 4.79 Å². The van der Waals surface area contributed by atoms with E-state index in [9.17, 15) is 4.79 Å². The van der Waals surface area contributed by atoms with Gasteiger partial charge in [0.15, 0.2) is 0 Å². The summed E-state index contributed by atoms with van der Waals surface area (Å²) in [6, 6.07) is 12.2. The predicted octanol–water partition coefficient (Wildman–Crippen LogP) is 2.95. The van der Waals surface area contributed by atoms with Crippen molar-refractivity contribution in [2.45, 2.75) is 26.7 Å². The Balaban J connectivity index is 1.58. The Bertz CT molecular complexity index is 658. The van der Waals surface area contributed by atoms with Gasteiger partial charge in [-0.15, -0.1) is 0 Å².